The van der Waals surface area contributed by atoms with Gasteiger partial charge in [0, 0.05) is 38.7 Å². The molecule has 1 unspecified atom stereocenters. The molecule has 1 atom stereocenters. The standard InChI is InChI=1S/C29H42N4OS/c1-8-10-24(16-18-34-7)11-9-12-25-15-17-31-28(19-25)32-23(5)35-29-22(4)13-14-27(33-29)26(20-30-6)21(2)3/h13-15,17,19-20,24H,5,8-12,16,18H2,1-4,6-7H3,(H,31,32). The van der Waals surface area contributed by atoms with Gasteiger partial charge in [0.15, 0.2) is 0 Å². The van der Waals surface area contributed by atoms with Gasteiger partial charge in [-0.15, -0.1) is 0 Å². The number of aliphatic imine (C=N–C) groups is 1. The van der Waals surface area contributed by atoms with Gasteiger partial charge in [0.1, 0.15) is 10.8 Å². The smallest absolute Gasteiger partial charge is 0.130 e. The fourth-order valence-electron chi connectivity index (χ4n) is 4.05. The average molecular weight is 495 g/mol. The minimum Gasteiger partial charge on any atom is -0.385 e. The third-order valence-corrected chi connectivity index (χ3v) is 6.90. The molecule has 2 heterocycles. The molecule has 2 rings (SSSR count). The summed E-state index contributed by atoms with van der Waals surface area (Å²) in [6, 6.07) is 8.38. The molecule has 2 aromatic heterocycles. The van der Waals surface area contributed by atoms with E-state index in [1.807, 2.05) is 18.5 Å². The molecule has 0 aliphatic heterocycles. The molecule has 0 aromatic carbocycles. The largest absolute Gasteiger partial charge is 0.385 e. The number of pyridine rings is 2. The van der Waals surface area contributed by atoms with Crippen LogP contribution in [0.4, 0.5) is 5.82 Å². The highest BCUT2D eigenvalue weighted by Crippen LogP contribution is 2.29. The number of ether oxygens (including phenoxy) is 1. The second-order valence-corrected chi connectivity index (χ2v) is 10.2. The van der Waals surface area contributed by atoms with Crippen LogP contribution in [-0.2, 0) is 11.2 Å². The molecular weight excluding hydrogens is 452 g/mol. The van der Waals surface area contributed by atoms with Crippen LogP contribution < -0.4 is 5.32 Å². The Kier molecular flexibility index (Phi) is 12.8. The first-order valence-corrected chi connectivity index (χ1v) is 13.3. The first-order chi connectivity index (χ1) is 16.9. The summed E-state index contributed by atoms with van der Waals surface area (Å²) < 4.78 is 5.29. The normalized spacial score (nSPS) is 12.1. The van der Waals surface area contributed by atoms with E-state index in [0.717, 1.165) is 58.1 Å². The molecule has 0 saturated heterocycles. The van der Waals surface area contributed by atoms with E-state index in [1.54, 1.807) is 14.2 Å². The van der Waals surface area contributed by atoms with Crippen molar-refractivity contribution in [2.75, 3.05) is 26.1 Å². The average Bonchev–Trinajstić information content (AvgIpc) is 2.82. The van der Waals surface area contributed by atoms with Crippen molar-refractivity contribution in [3.8, 4) is 0 Å². The third-order valence-electron chi connectivity index (χ3n) is 5.94. The highest BCUT2D eigenvalue weighted by Gasteiger charge is 2.11. The van der Waals surface area contributed by atoms with E-state index >= 15 is 0 Å². The first kappa shape index (κ1) is 28.8. The number of hydrogen-bond acceptors (Lipinski definition) is 6. The lowest BCUT2D eigenvalue weighted by molar-refractivity contribution is 0.171. The SMILES string of the molecule is C=C(Nc1cc(CCCC(CCC)CCOC)ccn1)Sc1nc(C(C=NC)=C(C)C)ccc1C. The molecule has 0 spiro atoms. The summed E-state index contributed by atoms with van der Waals surface area (Å²) in [6.07, 6.45) is 10.9. The van der Waals surface area contributed by atoms with Crippen molar-refractivity contribution in [3.63, 3.8) is 0 Å². The van der Waals surface area contributed by atoms with Gasteiger partial charge >= 0.3 is 0 Å². The Morgan fingerprint density at radius 3 is 2.71 bits per heavy atom. The van der Waals surface area contributed by atoms with Crippen LogP contribution >= 0.6 is 11.8 Å². The molecule has 2 aromatic rings. The molecule has 1 N–H and O–H groups in total. The quantitative estimate of drug-likeness (QED) is 0.203. The van der Waals surface area contributed by atoms with Gasteiger partial charge < -0.3 is 10.1 Å². The topological polar surface area (TPSA) is 59.4 Å². The number of aromatic nitrogens is 2. The van der Waals surface area contributed by atoms with E-state index in [0.29, 0.717) is 0 Å². The number of anilines is 1. The molecule has 190 valence electrons. The van der Waals surface area contributed by atoms with Crippen LogP contribution in [0.15, 0.2) is 57.7 Å². The lowest BCUT2D eigenvalue weighted by atomic mass is 9.93. The zero-order chi connectivity index (χ0) is 25.6. The number of aryl methyl sites for hydroxylation is 2. The van der Waals surface area contributed by atoms with Gasteiger partial charge in [-0.3, -0.25) is 4.99 Å². The molecular formula is C29H42N4OS. The van der Waals surface area contributed by atoms with Crippen molar-refractivity contribution < 1.29 is 4.74 Å². The zero-order valence-electron chi connectivity index (χ0n) is 22.4. The molecule has 0 fully saturated rings. The summed E-state index contributed by atoms with van der Waals surface area (Å²) >= 11 is 1.53. The number of nitrogens with one attached hydrogen (secondary N) is 1. The Hall–Kier alpha value is -2.44. The molecule has 0 aliphatic carbocycles. The number of allylic oxidation sites excluding steroid dienone is 2. The van der Waals surface area contributed by atoms with Crippen LogP contribution in [0, 0.1) is 12.8 Å². The van der Waals surface area contributed by atoms with Gasteiger partial charge in [-0.25, -0.2) is 9.97 Å². The highest BCUT2D eigenvalue weighted by atomic mass is 32.2. The lowest BCUT2D eigenvalue weighted by Gasteiger charge is -2.15. The molecule has 35 heavy (non-hydrogen) atoms. The van der Waals surface area contributed by atoms with Crippen molar-refractivity contribution in [1.29, 1.82) is 0 Å². The van der Waals surface area contributed by atoms with Crippen LogP contribution in [0.3, 0.4) is 0 Å². The monoisotopic (exact) mass is 494 g/mol. The molecule has 5 nitrogen and oxygen atoms in total. The Balaban J connectivity index is 2.00. The van der Waals surface area contributed by atoms with E-state index in [-0.39, 0.29) is 0 Å². The molecule has 0 amide bonds. The lowest BCUT2D eigenvalue weighted by Crippen LogP contribution is -2.05. The Morgan fingerprint density at radius 2 is 2.03 bits per heavy atom. The van der Waals surface area contributed by atoms with E-state index in [4.69, 9.17) is 9.72 Å². The summed E-state index contributed by atoms with van der Waals surface area (Å²) in [6.45, 7) is 13.6. The van der Waals surface area contributed by atoms with E-state index < -0.39 is 0 Å². The van der Waals surface area contributed by atoms with Crippen LogP contribution in [-0.4, -0.2) is 36.9 Å². The molecule has 0 radical (unpaired) electrons. The number of rotatable bonds is 15. The van der Waals surface area contributed by atoms with Crippen molar-refractivity contribution in [2.24, 2.45) is 10.9 Å². The third kappa shape index (κ3) is 9.98. The van der Waals surface area contributed by atoms with Crippen molar-refractivity contribution in [2.45, 2.75) is 71.2 Å². The maximum absolute atomic E-state index is 5.29. The van der Waals surface area contributed by atoms with Crippen LogP contribution in [0.1, 0.15) is 69.7 Å². The van der Waals surface area contributed by atoms with Crippen molar-refractivity contribution >= 4 is 29.4 Å². The zero-order valence-corrected chi connectivity index (χ0v) is 23.2. The Morgan fingerprint density at radius 1 is 1.23 bits per heavy atom. The maximum atomic E-state index is 5.29. The Bertz CT molecular complexity index is 1010. The summed E-state index contributed by atoms with van der Waals surface area (Å²) in [4.78, 5) is 13.6. The second-order valence-electron chi connectivity index (χ2n) is 9.15. The van der Waals surface area contributed by atoms with E-state index in [9.17, 15) is 0 Å². The number of hydrogen-bond donors (Lipinski definition) is 1. The summed E-state index contributed by atoms with van der Waals surface area (Å²) in [5.41, 5.74) is 5.56. The van der Waals surface area contributed by atoms with Crippen LogP contribution in [0.2, 0.25) is 0 Å². The molecule has 6 heteroatoms. The number of methoxy groups -OCH3 is 1. The fraction of sp³-hybridized carbons (Fsp3) is 0.483. The van der Waals surface area contributed by atoms with Crippen molar-refractivity contribution in [1.82, 2.24) is 9.97 Å². The van der Waals surface area contributed by atoms with E-state index in [1.165, 1.54) is 48.6 Å². The predicted molar refractivity (Wildman–Crippen MR) is 152 cm³/mol. The summed E-state index contributed by atoms with van der Waals surface area (Å²) in [5, 5.41) is 5.09. The van der Waals surface area contributed by atoms with Crippen LogP contribution in [0.25, 0.3) is 5.57 Å². The van der Waals surface area contributed by atoms with Gasteiger partial charge in [-0.1, -0.05) is 56.2 Å². The number of nitrogens with zero attached hydrogens (tertiary/aromatic N) is 3. The van der Waals surface area contributed by atoms with Gasteiger partial charge in [-0.05, 0) is 75.3 Å². The van der Waals surface area contributed by atoms with Gasteiger partial charge in [0.2, 0.25) is 0 Å². The summed E-state index contributed by atoms with van der Waals surface area (Å²) in [7, 11) is 3.57. The number of thioether (sulfide) groups is 1. The molecule has 0 saturated carbocycles. The van der Waals surface area contributed by atoms with Gasteiger partial charge in [0.05, 0.1) is 10.7 Å². The first-order valence-electron chi connectivity index (χ1n) is 12.5. The molecule has 0 aliphatic rings. The maximum Gasteiger partial charge on any atom is 0.130 e. The minimum atomic E-state index is 0.748. The van der Waals surface area contributed by atoms with E-state index in [2.05, 4.69) is 67.8 Å². The van der Waals surface area contributed by atoms with Gasteiger partial charge in [-0.2, -0.15) is 0 Å². The predicted octanol–water partition coefficient (Wildman–Crippen LogP) is 7.73. The molecule has 0 bridgehead atoms. The fourth-order valence-corrected chi connectivity index (χ4v) is 4.81. The Labute approximate surface area is 216 Å². The summed E-state index contributed by atoms with van der Waals surface area (Å²) in [5.74, 6) is 1.57. The highest BCUT2D eigenvalue weighted by molar-refractivity contribution is 8.03. The second kappa shape index (κ2) is 15.5. The van der Waals surface area contributed by atoms with Crippen molar-refractivity contribution in [3.05, 3.63) is 64.5 Å². The van der Waals surface area contributed by atoms with Gasteiger partial charge in [0.25, 0.3) is 0 Å². The van der Waals surface area contributed by atoms with Crippen LogP contribution in [0.5, 0.6) is 0 Å². The minimum absolute atomic E-state index is 0.748.